The molecule has 1 aliphatic heterocycles. The molecule has 3 N–H and O–H groups in total. The van der Waals surface area contributed by atoms with Crippen LogP contribution in [-0.2, 0) is 16.0 Å². The molecule has 134 valence electrons. The lowest BCUT2D eigenvalue weighted by Gasteiger charge is -2.37. The van der Waals surface area contributed by atoms with E-state index in [0.29, 0.717) is 23.9 Å². The van der Waals surface area contributed by atoms with Gasteiger partial charge >= 0.3 is 0 Å². The molecule has 1 fully saturated rings. The normalized spacial score (nSPS) is 14.4. The number of nitrogens with two attached hydrogens (primary N) is 1. The third kappa shape index (κ3) is 3.40. The number of hydrogen-bond donors (Lipinski definition) is 2. The van der Waals surface area contributed by atoms with Gasteiger partial charge in [0, 0.05) is 18.5 Å². The van der Waals surface area contributed by atoms with Gasteiger partial charge in [-0.15, -0.1) is 11.3 Å². The molecule has 0 atom stereocenters. The quantitative estimate of drug-likeness (QED) is 0.699. The Morgan fingerprint density at radius 1 is 1.35 bits per heavy atom. The van der Waals surface area contributed by atoms with E-state index in [1.165, 1.54) is 16.9 Å². The summed E-state index contributed by atoms with van der Waals surface area (Å²) in [4.78, 5) is 34.2. The van der Waals surface area contributed by atoms with Crippen LogP contribution in [0.5, 0.6) is 0 Å². The number of rotatable bonds is 5. The summed E-state index contributed by atoms with van der Waals surface area (Å²) in [5.41, 5.74) is 7.94. The molecular formula is C17H17N5O2S2. The lowest BCUT2D eigenvalue weighted by Crippen LogP contribution is -2.52. The van der Waals surface area contributed by atoms with Crippen LogP contribution in [0.3, 0.4) is 0 Å². The Hall–Kier alpha value is -2.52. The maximum absolute atomic E-state index is 12.3. The molecule has 1 aromatic carbocycles. The minimum absolute atomic E-state index is 0.0572. The molecule has 0 spiro atoms. The molecule has 7 nitrogen and oxygen atoms in total. The second kappa shape index (κ2) is 6.65. The zero-order valence-corrected chi connectivity index (χ0v) is 15.7. The number of primary amides is 1. The number of aryl methyl sites for hydroxylation is 1. The fraction of sp³-hybridized carbons (Fsp3) is 0.294. The summed E-state index contributed by atoms with van der Waals surface area (Å²) in [5.74, 6) is -0.584. The zero-order valence-electron chi connectivity index (χ0n) is 14.1. The summed E-state index contributed by atoms with van der Waals surface area (Å²) in [6.45, 7) is 3.35. The van der Waals surface area contributed by atoms with Crippen molar-refractivity contribution in [2.45, 2.75) is 13.3 Å². The Morgan fingerprint density at radius 3 is 2.92 bits per heavy atom. The molecule has 1 aliphatic rings. The highest BCUT2D eigenvalue weighted by Gasteiger charge is 2.34. The number of nitrogens with one attached hydrogen (secondary N) is 1. The van der Waals surface area contributed by atoms with Crippen LogP contribution in [0.4, 0.5) is 10.3 Å². The Balaban J connectivity index is 1.35. The van der Waals surface area contributed by atoms with Crippen molar-refractivity contribution in [2.24, 2.45) is 11.7 Å². The lowest BCUT2D eigenvalue weighted by atomic mass is 10.0. The van der Waals surface area contributed by atoms with Crippen molar-refractivity contribution in [2.75, 3.05) is 23.3 Å². The molecule has 2 amide bonds. The van der Waals surface area contributed by atoms with E-state index in [1.807, 2.05) is 6.07 Å². The summed E-state index contributed by atoms with van der Waals surface area (Å²) in [5, 5.41) is 6.00. The van der Waals surface area contributed by atoms with Crippen LogP contribution in [0, 0.1) is 12.8 Å². The van der Waals surface area contributed by atoms with Gasteiger partial charge in [-0.1, -0.05) is 17.4 Å². The number of hydrogen-bond acceptors (Lipinski definition) is 7. The van der Waals surface area contributed by atoms with Crippen LogP contribution >= 0.6 is 22.7 Å². The molecule has 0 bridgehead atoms. The molecule has 0 saturated carbocycles. The molecular weight excluding hydrogens is 370 g/mol. The lowest BCUT2D eigenvalue weighted by molar-refractivity contribution is -0.120. The highest BCUT2D eigenvalue weighted by molar-refractivity contribution is 7.22. The van der Waals surface area contributed by atoms with Gasteiger partial charge in [0.05, 0.1) is 28.2 Å². The fourth-order valence-corrected chi connectivity index (χ4v) is 4.58. The van der Waals surface area contributed by atoms with Crippen molar-refractivity contribution >= 4 is 55.0 Å². The van der Waals surface area contributed by atoms with E-state index in [2.05, 4.69) is 39.2 Å². The minimum Gasteiger partial charge on any atom is -0.369 e. The van der Waals surface area contributed by atoms with Gasteiger partial charge in [0.25, 0.3) is 0 Å². The third-order valence-corrected chi connectivity index (χ3v) is 6.08. The summed E-state index contributed by atoms with van der Waals surface area (Å²) >= 11 is 2.95. The Morgan fingerprint density at radius 2 is 2.15 bits per heavy atom. The third-order valence-electron chi connectivity index (χ3n) is 4.19. The molecule has 0 aliphatic carbocycles. The number of aromatic nitrogens is 2. The first-order valence-corrected chi connectivity index (χ1v) is 9.83. The molecule has 2 aromatic heterocycles. The maximum Gasteiger partial charge on any atom is 0.232 e. The Bertz CT molecular complexity index is 990. The van der Waals surface area contributed by atoms with E-state index in [9.17, 15) is 9.59 Å². The van der Waals surface area contributed by atoms with Crippen LogP contribution in [0.2, 0.25) is 0 Å². The van der Waals surface area contributed by atoms with Gasteiger partial charge in [0.2, 0.25) is 11.8 Å². The van der Waals surface area contributed by atoms with Crippen molar-refractivity contribution in [1.82, 2.24) is 9.97 Å². The number of benzene rings is 1. The Labute approximate surface area is 157 Å². The summed E-state index contributed by atoms with van der Waals surface area (Å²) in [7, 11) is 0. The monoisotopic (exact) mass is 387 g/mol. The van der Waals surface area contributed by atoms with E-state index in [0.717, 1.165) is 15.3 Å². The minimum atomic E-state index is -0.436. The van der Waals surface area contributed by atoms with E-state index >= 15 is 0 Å². The van der Waals surface area contributed by atoms with Gasteiger partial charge < -0.3 is 16.0 Å². The highest BCUT2D eigenvalue weighted by Crippen LogP contribution is 2.33. The van der Waals surface area contributed by atoms with Crippen LogP contribution in [-0.4, -0.2) is 34.9 Å². The van der Waals surface area contributed by atoms with Crippen molar-refractivity contribution in [3.8, 4) is 0 Å². The standard InChI is InChI=1S/C17H17N5O2S2/c1-9-2-3-12-13(4-9)26-17(20-12)22-6-10(7-22)15(24)21-16-19-11(8-25-16)5-14(18)23/h2-4,8,10H,5-7H2,1H3,(H2,18,23)(H,19,21,24). The van der Waals surface area contributed by atoms with E-state index < -0.39 is 5.91 Å². The number of anilines is 2. The van der Waals surface area contributed by atoms with Crippen molar-refractivity contribution < 1.29 is 9.59 Å². The first kappa shape index (κ1) is 16.9. The smallest absolute Gasteiger partial charge is 0.232 e. The first-order chi connectivity index (χ1) is 12.5. The molecule has 0 unspecified atom stereocenters. The number of carbonyl (C=O) groups is 2. The molecule has 0 radical (unpaired) electrons. The van der Waals surface area contributed by atoms with Crippen molar-refractivity contribution in [1.29, 1.82) is 0 Å². The molecule has 3 heterocycles. The Kier molecular flexibility index (Phi) is 4.33. The highest BCUT2D eigenvalue weighted by atomic mass is 32.1. The van der Waals surface area contributed by atoms with Crippen LogP contribution in [0.15, 0.2) is 23.6 Å². The number of thiazole rings is 2. The molecule has 26 heavy (non-hydrogen) atoms. The first-order valence-electron chi connectivity index (χ1n) is 8.13. The number of fused-ring (bicyclic) bond motifs is 1. The van der Waals surface area contributed by atoms with Gasteiger partial charge in [-0.25, -0.2) is 9.97 Å². The van der Waals surface area contributed by atoms with Gasteiger partial charge in [-0.3, -0.25) is 9.59 Å². The molecule has 3 aromatic rings. The van der Waals surface area contributed by atoms with Gasteiger partial charge in [0.15, 0.2) is 10.3 Å². The second-order valence-corrected chi connectivity index (χ2v) is 8.21. The molecule has 1 saturated heterocycles. The average Bonchev–Trinajstić information content (AvgIpc) is 3.11. The van der Waals surface area contributed by atoms with Crippen LogP contribution in [0.25, 0.3) is 10.2 Å². The largest absolute Gasteiger partial charge is 0.369 e. The topological polar surface area (TPSA) is 101 Å². The summed E-state index contributed by atoms with van der Waals surface area (Å²) in [6, 6.07) is 6.21. The van der Waals surface area contributed by atoms with Crippen molar-refractivity contribution in [3.05, 3.63) is 34.8 Å². The van der Waals surface area contributed by atoms with Gasteiger partial charge in [-0.05, 0) is 24.6 Å². The van der Waals surface area contributed by atoms with Crippen LogP contribution in [0.1, 0.15) is 11.3 Å². The zero-order chi connectivity index (χ0) is 18.3. The maximum atomic E-state index is 12.3. The van der Waals surface area contributed by atoms with E-state index in [1.54, 1.807) is 16.7 Å². The summed E-state index contributed by atoms with van der Waals surface area (Å²) in [6.07, 6.45) is 0.0840. The fourth-order valence-electron chi connectivity index (χ4n) is 2.79. The second-order valence-electron chi connectivity index (χ2n) is 6.35. The molecule has 4 rings (SSSR count). The SMILES string of the molecule is Cc1ccc2nc(N3CC(C(=O)Nc4nc(CC(N)=O)cs4)C3)sc2c1. The van der Waals surface area contributed by atoms with Gasteiger partial charge in [0.1, 0.15) is 0 Å². The number of amides is 2. The molecule has 9 heteroatoms. The number of nitrogens with zero attached hydrogens (tertiary/aromatic N) is 3. The average molecular weight is 387 g/mol. The van der Waals surface area contributed by atoms with Gasteiger partial charge in [-0.2, -0.15) is 0 Å². The number of carbonyl (C=O) groups excluding carboxylic acids is 2. The predicted octanol–water partition coefficient (Wildman–Crippen LogP) is 2.16. The van der Waals surface area contributed by atoms with Crippen LogP contribution < -0.4 is 16.0 Å². The van der Waals surface area contributed by atoms with Crippen molar-refractivity contribution in [3.63, 3.8) is 0 Å². The van der Waals surface area contributed by atoms with E-state index in [-0.39, 0.29) is 18.2 Å². The van der Waals surface area contributed by atoms with E-state index in [4.69, 9.17) is 5.73 Å². The summed E-state index contributed by atoms with van der Waals surface area (Å²) < 4.78 is 1.16. The predicted molar refractivity (Wildman–Crippen MR) is 104 cm³/mol.